The van der Waals surface area contributed by atoms with E-state index in [1.54, 1.807) is 18.4 Å². The van der Waals surface area contributed by atoms with E-state index in [2.05, 4.69) is 38.8 Å². The van der Waals surface area contributed by atoms with E-state index in [0.717, 1.165) is 56.9 Å². The maximum Gasteiger partial charge on any atom is 0.190 e. The monoisotopic (exact) mass is 504 g/mol. The highest BCUT2D eigenvalue weighted by molar-refractivity contribution is 14.0. The molecule has 1 aliphatic heterocycles. The Balaban J connectivity index is 0.00000261. The number of hydrogen-bond acceptors (Lipinski definition) is 5. The number of aliphatic hydroxyl groups excluding tert-OH is 1. The van der Waals surface area contributed by atoms with Gasteiger partial charge in [0.15, 0.2) is 5.96 Å². The van der Waals surface area contributed by atoms with Crippen LogP contribution in [0.1, 0.15) is 24.3 Å². The number of rotatable bonds is 8. The lowest BCUT2D eigenvalue weighted by Gasteiger charge is -2.27. The molecule has 150 valence electrons. The van der Waals surface area contributed by atoms with Crippen LogP contribution < -0.4 is 10.6 Å². The first-order valence-corrected chi connectivity index (χ1v) is 10.0. The molecule has 0 radical (unpaired) electrons. The Labute approximate surface area is 181 Å². The second-order valence-corrected chi connectivity index (χ2v) is 7.92. The summed E-state index contributed by atoms with van der Waals surface area (Å²) in [5, 5.41) is 17.3. The summed E-state index contributed by atoms with van der Waals surface area (Å²) >= 11 is 1.77. The van der Waals surface area contributed by atoms with Crippen LogP contribution in [0.25, 0.3) is 10.2 Å². The molecule has 3 rings (SSSR count). The Bertz CT molecular complexity index is 698. The maximum atomic E-state index is 9.31. The average molecular weight is 504 g/mol. The van der Waals surface area contributed by atoms with Gasteiger partial charge in [-0.3, -0.25) is 4.99 Å². The second kappa shape index (κ2) is 11.1. The number of nitrogens with one attached hydrogen (secondary N) is 2. The lowest BCUT2D eigenvalue weighted by atomic mass is 9.84. The lowest BCUT2D eigenvalue weighted by Crippen LogP contribution is -2.44. The molecular weight excluding hydrogens is 475 g/mol. The molecule has 0 saturated carbocycles. The van der Waals surface area contributed by atoms with Gasteiger partial charge in [0, 0.05) is 45.2 Å². The average Bonchev–Trinajstić information content (AvgIpc) is 3.28. The maximum absolute atomic E-state index is 9.31. The van der Waals surface area contributed by atoms with Gasteiger partial charge in [-0.1, -0.05) is 12.1 Å². The number of para-hydroxylation sites is 1. The van der Waals surface area contributed by atoms with Crippen molar-refractivity contribution in [2.24, 2.45) is 10.4 Å². The smallest absolute Gasteiger partial charge is 0.190 e. The Morgan fingerprint density at radius 3 is 2.93 bits per heavy atom. The Hall–Kier alpha value is -0.970. The normalized spacial score (nSPS) is 19.9. The van der Waals surface area contributed by atoms with E-state index in [9.17, 15) is 5.11 Å². The van der Waals surface area contributed by atoms with Crippen LogP contribution in [0.5, 0.6) is 0 Å². The van der Waals surface area contributed by atoms with Crippen molar-refractivity contribution in [3.05, 3.63) is 29.3 Å². The lowest BCUT2D eigenvalue weighted by molar-refractivity contribution is 0.127. The number of aliphatic hydroxyl groups is 1. The number of aliphatic imine (C=N–C) groups is 1. The van der Waals surface area contributed by atoms with Gasteiger partial charge in [0.25, 0.3) is 0 Å². The quantitative estimate of drug-likeness (QED) is 0.223. The van der Waals surface area contributed by atoms with E-state index in [1.165, 1.54) is 9.71 Å². The molecule has 0 bridgehead atoms. The molecule has 1 saturated heterocycles. The number of ether oxygens (including phenoxy) is 1. The summed E-state index contributed by atoms with van der Waals surface area (Å²) < 4.78 is 6.79. The van der Waals surface area contributed by atoms with Crippen LogP contribution in [-0.4, -0.2) is 56.0 Å². The molecule has 1 aliphatic rings. The van der Waals surface area contributed by atoms with Gasteiger partial charge in [-0.05, 0) is 31.4 Å². The van der Waals surface area contributed by atoms with Crippen LogP contribution in [-0.2, 0) is 11.2 Å². The number of nitrogens with zero attached hydrogens (tertiary/aromatic N) is 2. The van der Waals surface area contributed by atoms with Gasteiger partial charge >= 0.3 is 0 Å². The van der Waals surface area contributed by atoms with Gasteiger partial charge in [-0.25, -0.2) is 4.98 Å². The van der Waals surface area contributed by atoms with Gasteiger partial charge in [-0.15, -0.1) is 35.3 Å². The summed E-state index contributed by atoms with van der Waals surface area (Å²) in [7, 11) is 1.78. The number of thiazole rings is 1. The van der Waals surface area contributed by atoms with Crippen LogP contribution >= 0.6 is 35.3 Å². The zero-order valence-corrected chi connectivity index (χ0v) is 18.9. The summed E-state index contributed by atoms with van der Waals surface area (Å²) in [4.78, 5) is 8.97. The van der Waals surface area contributed by atoms with Crippen molar-refractivity contribution in [1.29, 1.82) is 0 Å². The van der Waals surface area contributed by atoms with Crippen molar-refractivity contribution in [1.82, 2.24) is 15.6 Å². The van der Waals surface area contributed by atoms with Crippen LogP contribution in [0.2, 0.25) is 0 Å². The Kier molecular flexibility index (Phi) is 9.20. The highest BCUT2D eigenvalue weighted by Gasteiger charge is 2.34. The number of fused-ring (bicyclic) bond motifs is 1. The first kappa shape index (κ1) is 22.3. The third kappa shape index (κ3) is 6.27. The molecule has 1 atom stereocenters. The van der Waals surface area contributed by atoms with Gasteiger partial charge < -0.3 is 20.5 Å². The van der Waals surface area contributed by atoms with Crippen molar-refractivity contribution in [3.63, 3.8) is 0 Å². The predicted octanol–water partition coefficient (Wildman–Crippen LogP) is 2.80. The number of aryl methyl sites for hydroxylation is 1. The zero-order valence-electron chi connectivity index (χ0n) is 15.7. The molecule has 8 heteroatoms. The van der Waals surface area contributed by atoms with E-state index in [1.807, 2.05) is 6.07 Å². The van der Waals surface area contributed by atoms with Crippen molar-refractivity contribution in [2.75, 3.05) is 40.0 Å². The minimum absolute atomic E-state index is 0. The fourth-order valence-corrected chi connectivity index (χ4v) is 4.29. The number of hydrogen-bond donors (Lipinski definition) is 3. The Morgan fingerprint density at radius 2 is 2.22 bits per heavy atom. The molecule has 0 amide bonds. The van der Waals surface area contributed by atoms with Crippen LogP contribution in [0.4, 0.5) is 0 Å². The highest BCUT2D eigenvalue weighted by atomic mass is 127. The molecule has 1 unspecified atom stereocenters. The minimum atomic E-state index is 0. The first-order valence-electron chi connectivity index (χ1n) is 9.22. The summed E-state index contributed by atoms with van der Waals surface area (Å²) in [5.41, 5.74) is 1.11. The molecule has 2 heterocycles. The van der Waals surface area contributed by atoms with Crippen molar-refractivity contribution >= 4 is 51.5 Å². The largest absolute Gasteiger partial charge is 0.396 e. The fraction of sp³-hybridized carbons (Fsp3) is 0.579. The van der Waals surface area contributed by atoms with Crippen molar-refractivity contribution in [2.45, 2.75) is 25.7 Å². The summed E-state index contributed by atoms with van der Waals surface area (Å²) in [6.07, 6.45) is 3.71. The van der Waals surface area contributed by atoms with Gasteiger partial charge in [0.2, 0.25) is 0 Å². The van der Waals surface area contributed by atoms with E-state index >= 15 is 0 Å². The molecule has 1 aromatic carbocycles. The molecular formula is C19H29IN4O2S. The third-order valence-electron chi connectivity index (χ3n) is 4.88. The van der Waals surface area contributed by atoms with E-state index < -0.39 is 0 Å². The summed E-state index contributed by atoms with van der Waals surface area (Å²) in [6.45, 7) is 3.29. The molecule has 2 aromatic rings. The van der Waals surface area contributed by atoms with E-state index in [0.29, 0.717) is 6.61 Å². The van der Waals surface area contributed by atoms with E-state index in [4.69, 9.17) is 4.74 Å². The zero-order chi connectivity index (χ0) is 18.2. The van der Waals surface area contributed by atoms with Crippen molar-refractivity contribution in [3.8, 4) is 0 Å². The van der Waals surface area contributed by atoms with Gasteiger partial charge in [0.05, 0.1) is 21.8 Å². The van der Waals surface area contributed by atoms with E-state index in [-0.39, 0.29) is 36.0 Å². The van der Waals surface area contributed by atoms with Gasteiger partial charge in [-0.2, -0.15) is 0 Å². The summed E-state index contributed by atoms with van der Waals surface area (Å²) in [6, 6.07) is 8.27. The third-order valence-corrected chi connectivity index (χ3v) is 5.98. The topological polar surface area (TPSA) is 78.8 Å². The SMILES string of the molecule is CN=C(NCCCc1nc2ccccc2s1)NCC1(CCO)CCOC1.I. The summed E-state index contributed by atoms with van der Waals surface area (Å²) in [5.74, 6) is 0.804. The number of aromatic nitrogens is 1. The molecule has 6 nitrogen and oxygen atoms in total. The van der Waals surface area contributed by atoms with Crippen molar-refractivity contribution < 1.29 is 9.84 Å². The standard InChI is InChI=1S/C19H28N4O2S.HI/c1-20-18(22-13-19(8-11-24)9-12-25-14-19)21-10-4-7-17-23-15-5-2-3-6-16(15)26-17;/h2-3,5-6,24H,4,7-14H2,1H3,(H2,20,21,22);1H. The Morgan fingerprint density at radius 1 is 1.37 bits per heavy atom. The highest BCUT2D eigenvalue weighted by Crippen LogP contribution is 2.31. The van der Waals surface area contributed by atoms with Crippen LogP contribution in [0.3, 0.4) is 0 Å². The molecule has 3 N–H and O–H groups in total. The van der Waals surface area contributed by atoms with Gasteiger partial charge in [0.1, 0.15) is 0 Å². The number of benzene rings is 1. The van der Waals surface area contributed by atoms with Crippen LogP contribution in [0, 0.1) is 5.41 Å². The predicted molar refractivity (Wildman–Crippen MR) is 122 cm³/mol. The minimum Gasteiger partial charge on any atom is -0.396 e. The molecule has 27 heavy (non-hydrogen) atoms. The number of halogens is 1. The molecule has 0 aliphatic carbocycles. The molecule has 1 fully saturated rings. The fourth-order valence-electron chi connectivity index (χ4n) is 3.28. The number of guanidine groups is 1. The van der Waals surface area contributed by atoms with Crippen LogP contribution in [0.15, 0.2) is 29.3 Å². The second-order valence-electron chi connectivity index (χ2n) is 6.81. The first-order chi connectivity index (χ1) is 12.7. The molecule has 1 aromatic heterocycles. The molecule has 0 spiro atoms.